The van der Waals surface area contributed by atoms with Crippen molar-refractivity contribution in [1.29, 1.82) is 0 Å². The summed E-state index contributed by atoms with van der Waals surface area (Å²) in [5.41, 5.74) is 0.322. The maximum absolute atomic E-state index is 13.0. The average molecular weight is 173 g/mol. The molecule has 0 bridgehead atoms. The Bertz CT molecular complexity index is 150. The van der Waals surface area contributed by atoms with Gasteiger partial charge < -0.3 is 4.90 Å². The van der Waals surface area contributed by atoms with Gasteiger partial charge in [0.1, 0.15) is 6.17 Å². The molecule has 0 aromatic rings. The van der Waals surface area contributed by atoms with Crippen LogP contribution >= 0.6 is 0 Å². The first-order valence-electron chi connectivity index (χ1n) is 4.73. The van der Waals surface area contributed by atoms with Gasteiger partial charge in [-0.1, -0.05) is 20.8 Å². The normalized spacial score (nSPS) is 32.8. The maximum atomic E-state index is 13.0. The first-order valence-corrected chi connectivity index (χ1v) is 4.73. The zero-order valence-corrected chi connectivity index (χ0v) is 8.60. The molecule has 0 aromatic carbocycles. The SMILES string of the molecule is CN1C[C@H](F)C[C@H]1CC(C)(C)C. The minimum atomic E-state index is -0.595. The molecule has 0 N–H and O–H groups in total. The summed E-state index contributed by atoms with van der Waals surface area (Å²) in [6.07, 6.45) is 1.24. The standard InChI is InChI=1S/C10H20FN/c1-10(2,3)6-9-5-8(11)7-12(9)4/h8-9H,5-7H2,1-4H3/t8-,9+/m1/s1. The minimum absolute atomic E-state index is 0.322. The molecule has 72 valence electrons. The highest BCUT2D eigenvalue weighted by Crippen LogP contribution is 2.29. The van der Waals surface area contributed by atoms with Gasteiger partial charge in [0.15, 0.2) is 0 Å². The quantitative estimate of drug-likeness (QED) is 0.589. The lowest BCUT2D eigenvalue weighted by atomic mass is 9.87. The van der Waals surface area contributed by atoms with E-state index in [1.165, 1.54) is 0 Å². The largest absolute Gasteiger partial charge is 0.300 e. The summed E-state index contributed by atoms with van der Waals surface area (Å²) in [6, 6.07) is 0.458. The number of rotatable bonds is 1. The third-order valence-electron chi connectivity index (χ3n) is 2.49. The number of alkyl halides is 1. The van der Waals surface area contributed by atoms with Crippen LogP contribution in [0.4, 0.5) is 4.39 Å². The van der Waals surface area contributed by atoms with E-state index in [1.807, 2.05) is 7.05 Å². The van der Waals surface area contributed by atoms with Crippen LogP contribution in [0.15, 0.2) is 0 Å². The Morgan fingerprint density at radius 3 is 2.33 bits per heavy atom. The summed E-state index contributed by atoms with van der Waals surface area (Å²) in [5, 5.41) is 0. The molecule has 1 heterocycles. The monoisotopic (exact) mass is 173 g/mol. The Morgan fingerprint density at radius 2 is 2.00 bits per heavy atom. The van der Waals surface area contributed by atoms with Gasteiger partial charge in [0.2, 0.25) is 0 Å². The molecule has 1 aliphatic rings. The van der Waals surface area contributed by atoms with Crippen molar-refractivity contribution in [3.8, 4) is 0 Å². The highest BCUT2D eigenvalue weighted by Gasteiger charge is 2.31. The summed E-state index contributed by atoms with van der Waals surface area (Å²) in [6.45, 7) is 7.27. The number of hydrogen-bond donors (Lipinski definition) is 0. The smallest absolute Gasteiger partial charge is 0.114 e. The summed E-state index contributed by atoms with van der Waals surface area (Å²) < 4.78 is 13.0. The van der Waals surface area contributed by atoms with Crippen molar-refractivity contribution in [2.75, 3.05) is 13.6 Å². The first kappa shape index (κ1) is 9.97. The molecular formula is C10H20FN. The van der Waals surface area contributed by atoms with Gasteiger partial charge in [-0.15, -0.1) is 0 Å². The highest BCUT2D eigenvalue weighted by atomic mass is 19.1. The Balaban J connectivity index is 2.43. The third-order valence-corrected chi connectivity index (χ3v) is 2.49. The number of nitrogens with zero attached hydrogens (tertiary/aromatic N) is 1. The van der Waals surface area contributed by atoms with Gasteiger partial charge in [0, 0.05) is 12.6 Å². The zero-order chi connectivity index (χ0) is 9.35. The summed E-state index contributed by atoms with van der Waals surface area (Å²) in [7, 11) is 2.02. The molecule has 12 heavy (non-hydrogen) atoms. The van der Waals surface area contributed by atoms with Gasteiger partial charge in [0.05, 0.1) is 0 Å². The molecule has 0 radical (unpaired) electrons. The van der Waals surface area contributed by atoms with Crippen molar-refractivity contribution in [3.63, 3.8) is 0 Å². The highest BCUT2D eigenvalue weighted by molar-refractivity contribution is 4.85. The molecule has 1 nitrogen and oxygen atoms in total. The van der Waals surface area contributed by atoms with Crippen molar-refractivity contribution in [2.24, 2.45) is 5.41 Å². The van der Waals surface area contributed by atoms with Crippen LogP contribution in [-0.4, -0.2) is 30.7 Å². The second-order valence-electron chi connectivity index (χ2n) is 5.19. The summed E-state index contributed by atoms with van der Waals surface area (Å²) in [4.78, 5) is 2.15. The maximum Gasteiger partial charge on any atom is 0.114 e. The van der Waals surface area contributed by atoms with Gasteiger partial charge in [-0.3, -0.25) is 0 Å². The predicted octanol–water partition coefficient (Wildman–Crippen LogP) is 2.46. The van der Waals surface area contributed by atoms with Gasteiger partial charge in [0.25, 0.3) is 0 Å². The minimum Gasteiger partial charge on any atom is -0.300 e. The Labute approximate surface area is 74.9 Å². The fourth-order valence-corrected chi connectivity index (χ4v) is 1.96. The Morgan fingerprint density at radius 1 is 1.42 bits per heavy atom. The van der Waals surface area contributed by atoms with E-state index in [0.717, 1.165) is 12.8 Å². The van der Waals surface area contributed by atoms with Crippen molar-refractivity contribution in [2.45, 2.75) is 45.8 Å². The number of hydrogen-bond acceptors (Lipinski definition) is 1. The van der Waals surface area contributed by atoms with Crippen molar-refractivity contribution in [3.05, 3.63) is 0 Å². The lowest BCUT2D eigenvalue weighted by Crippen LogP contribution is -2.29. The third kappa shape index (κ3) is 2.74. The fourth-order valence-electron chi connectivity index (χ4n) is 1.96. The Kier molecular flexibility index (Phi) is 2.77. The van der Waals surface area contributed by atoms with Gasteiger partial charge in [-0.05, 0) is 25.3 Å². The van der Waals surface area contributed by atoms with Crippen LogP contribution in [0, 0.1) is 5.41 Å². The van der Waals surface area contributed by atoms with E-state index in [1.54, 1.807) is 0 Å². The van der Waals surface area contributed by atoms with E-state index in [-0.39, 0.29) is 0 Å². The zero-order valence-electron chi connectivity index (χ0n) is 8.60. The Hall–Kier alpha value is -0.110. The first-order chi connectivity index (χ1) is 5.38. The molecule has 2 atom stereocenters. The average Bonchev–Trinajstić information content (AvgIpc) is 2.06. The van der Waals surface area contributed by atoms with Crippen LogP contribution in [0.25, 0.3) is 0 Å². The molecule has 1 saturated heterocycles. The molecule has 1 aliphatic heterocycles. The van der Waals surface area contributed by atoms with E-state index in [0.29, 0.717) is 18.0 Å². The van der Waals surface area contributed by atoms with Crippen LogP contribution in [-0.2, 0) is 0 Å². The lowest BCUT2D eigenvalue weighted by Gasteiger charge is -2.27. The molecule has 0 spiro atoms. The molecular weight excluding hydrogens is 153 g/mol. The predicted molar refractivity (Wildman–Crippen MR) is 50.0 cm³/mol. The van der Waals surface area contributed by atoms with Crippen molar-refractivity contribution < 1.29 is 4.39 Å². The second kappa shape index (κ2) is 3.33. The topological polar surface area (TPSA) is 3.24 Å². The van der Waals surface area contributed by atoms with E-state index < -0.39 is 6.17 Å². The van der Waals surface area contributed by atoms with E-state index in [9.17, 15) is 4.39 Å². The van der Waals surface area contributed by atoms with Crippen LogP contribution in [0.2, 0.25) is 0 Å². The van der Waals surface area contributed by atoms with Gasteiger partial charge in [-0.25, -0.2) is 4.39 Å². The number of likely N-dealkylation sites (tertiary alicyclic amines) is 1. The molecule has 0 amide bonds. The molecule has 0 aromatic heterocycles. The van der Waals surface area contributed by atoms with Crippen LogP contribution in [0.5, 0.6) is 0 Å². The molecule has 2 heteroatoms. The number of halogens is 1. The van der Waals surface area contributed by atoms with Gasteiger partial charge in [-0.2, -0.15) is 0 Å². The summed E-state index contributed by atoms with van der Waals surface area (Å²) >= 11 is 0. The van der Waals surface area contributed by atoms with E-state index in [2.05, 4.69) is 25.7 Å². The molecule has 0 aliphatic carbocycles. The molecule has 1 rings (SSSR count). The summed E-state index contributed by atoms with van der Waals surface area (Å²) in [5.74, 6) is 0. The van der Waals surface area contributed by atoms with Crippen LogP contribution in [0.3, 0.4) is 0 Å². The fraction of sp³-hybridized carbons (Fsp3) is 1.00. The van der Waals surface area contributed by atoms with Crippen LogP contribution < -0.4 is 0 Å². The van der Waals surface area contributed by atoms with E-state index in [4.69, 9.17) is 0 Å². The van der Waals surface area contributed by atoms with Crippen molar-refractivity contribution in [1.82, 2.24) is 4.90 Å². The van der Waals surface area contributed by atoms with Crippen molar-refractivity contribution >= 4 is 0 Å². The molecule has 0 unspecified atom stereocenters. The van der Waals surface area contributed by atoms with E-state index >= 15 is 0 Å². The second-order valence-corrected chi connectivity index (χ2v) is 5.19. The molecule has 0 saturated carbocycles. The lowest BCUT2D eigenvalue weighted by molar-refractivity contribution is 0.223. The van der Waals surface area contributed by atoms with Gasteiger partial charge >= 0.3 is 0 Å². The van der Waals surface area contributed by atoms with Crippen LogP contribution in [0.1, 0.15) is 33.6 Å². The molecule has 1 fully saturated rings.